The van der Waals surface area contributed by atoms with E-state index in [1.807, 2.05) is 30.3 Å². The number of nitrogens with one attached hydrogen (secondary N) is 1. The number of carbonyl (C=O) groups is 1. The Labute approximate surface area is 207 Å². The van der Waals surface area contributed by atoms with Gasteiger partial charge in [-0.3, -0.25) is 9.10 Å². The topological polar surface area (TPSA) is 66.5 Å². The SMILES string of the molecule is C[C@H](CCc1ccccc1)NC(=O)CN(c1cc(C(F)(F)F)ccc1Cl)S(=O)(=O)c1ccccc1. The number of aryl methyl sites for hydroxylation is 1. The molecule has 3 aromatic rings. The monoisotopic (exact) mass is 524 g/mol. The van der Waals surface area contributed by atoms with Gasteiger partial charge >= 0.3 is 6.18 Å². The molecule has 0 saturated carbocycles. The summed E-state index contributed by atoms with van der Waals surface area (Å²) in [4.78, 5) is 12.7. The van der Waals surface area contributed by atoms with Crippen LogP contribution in [0.2, 0.25) is 5.02 Å². The van der Waals surface area contributed by atoms with Crippen LogP contribution in [0.4, 0.5) is 18.9 Å². The van der Waals surface area contributed by atoms with E-state index in [1.165, 1.54) is 24.3 Å². The van der Waals surface area contributed by atoms with Crippen molar-refractivity contribution in [3.8, 4) is 0 Å². The predicted octanol–water partition coefficient (Wildman–Crippen LogP) is 5.69. The molecule has 186 valence electrons. The molecule has 0 radical (unpaired) electrons. The number of halogens is 4. The highest BCUT2D eigenvalue weighted by atomic mass is 35.5. The van der Waals surface area contributed by atoms with Gasteiger partial charge in [-0.1, -0.05) is 60.1 Å². The number of amides is 1. The van der Waals surface area contributed by atoms with E-state index in [0.717, 1.165) is 17.7 Å². The third-order valence-electron chi connectivity index (χ3n) is 5.28. The molecule has 5 nitrogen and oxygen atoms in total. The number of alkyl halides is 3. The summed E-state index contributed by atoms with van der Waals surface area (Å²) in [6.45, 7) is 1.03. The van der Waals surface area contributed by atoms with Gasteiger partial charge in [0.15, 0.2) is 0 Å². The second kappa shape index (κ2) is 11.1. The minimum atomic E-state index is -4.73. The van der Waals surface area contributed by atoms with Crippen molar-refractivity contribution in [3.63, 3.8) is 0 Å². The maximum absolute atomic E-state index is 13.4. The minimum Gasteiger partial charge on any atom is -0.352 e. The second-order valence-electron chi connectivity index (χ2n) is 7.98. The van der Waals surface area contributed by atoms with Gasteiger partial charge in [-0.25, -0.2) is 8.42 Å². The molecule has 0 aliphatic rings. The number of carbonyl (C=O) groups excluding carboxylic acids is 1. The first kappa shape index (κ1) is 26.6. The zero-order valence-corrected chi connectivity index (χ0v) is 20.4. The standard InChI is InChI=1S/C25H24ClF3N2O3S/c1-18(12-13-19-8-4-2-5-9-19)30-24(32)17-31(35(33,34)21-10-6-3-7-11-21)23-16-20(25(27,28)29)14-15-22(23)26/h2-11,14-16,18H,12-13,17H2,1H3,(H,30,32)/t18-/m1/s1. The number of anilines is 1. The first-order valence-electron chi connectivity index (χ1n) is 10.8. The molecule has 0 unspecified atom stereocenters. The molecular formula is C25H24ClF3N2O3S. The molecule has 0 fully saturated rings. The van der Waals surface area contributed by atoms with E-state index in [2.05, 4.69) is 5.32 Å². The third-order valence-corrected chi connectivity index (χ3v) is 7.37. The molecule has 0 bridgehead atoms. The summed E-state index contributed by atoms with van der Waals surface area (Å²) in [5, 5.41) is 2.49. The highest BCUT2D eigenvalue weighted by Gasteiger charge is 2.34. The lowest BCUT2D eigenvalue weighted by atomic mass is 10.1. The first-order chi connectivity index (χ1) is 16.5. The Morgan fingerprint density at radius 1 is 1.00 bits per heavy atom. The number of rotatable bonds is 9. The molecule has 1 amide bonds. The Balaban J connectivity index is 1.87. The summed E-state index contributed by atoms with van der Waals surface area (Å²) < 4.78 is 67.4. The highest BCUT2D eigenvalue weighted by molar-refractivity contribution is 7.92. The van der Waals surface area contributed by atoms with Gasteiger partial charge in [0.1, 0.15) is 6.54 Å². The van der Waals surface area contributed by atoms with Gasteiger partial charge in [-0.2, -0.15) is 13.2 Å². The van der Waals surface area contributed by atoms with E-state index in [-0.39, 0.29) is 16.0 Å². The summed E-state index contributed by atoms with van der Waals surface area (Å²) >= 11 is 6.14. The van der Waals surface area contributed by atoms with Gasteiger partial charge in [0, 0.05) is 6.04 Å². The van der Waals surface area contributed by atoms with Crippen LogP contribution in [0.1, 0.15) is 24.5 Å². The van der Waals surface area contributed by atoms with E-state index in [1.54, 1.807) is 13.0 Å². The van der Waals surface area contributed by atoms with Crippen molar-refractivity contribution in [1.29, 1.82) is 0 Å². The maximum Gasteiger partial charge on any atom is 0.416 e. The molecule has 0 aliphatic carbocycles. The summed E-state index contributed by atoms with van der Waals surface area (Å²) in [6, 6.07) is 18.8. The largest absolute Gasteiger partial charge is 0.416 e. The van der Waals surface area contributed by atoms with Crippen LogP contribution >= 0.6 is 11.6 Å². The van der Waals surface area contributed by atoms with Crippen molar-refractivity contribution < 1.29 is 26.4 Å². The van der Waals surface area contributed by atoms with E-state index in [0.29, 0.717) is 23.2 Å². The third kappa shape index (κ3) is 6.99. The van der Waals surface area contributed by atoms with Crippen molar-refractivity contribution >= 4 is 33.2 Å². The fourth-order valence-electron chi connectivity index (χ4n) is 3.45. The van der Waals surface area contributed by atoms with E-state index in [9.17, 15) is 26.4 Å². The molecule has 0 aromatic heterocycles. The van der Waals surface area contributed by atoms with E-state index < -0.39 is 39.9 Å². The van der Waals surface area contributed by atoms with Gasteiger partial charge < -0.3 is 5.32 Å². The molecule has 1 N–H and O–H groups in total. The van der Waals surface area contributed by atoms with Crippen LogP contribution in [-0.4, -0.2) is 26.9 Å². The van der Waals surface area contributed by atoms with Gasteiger partial charge in [-0.05, 0) is 55.7 Å². The van der Waals surface area contributed by atoms with E-state index >= 15 is 0 Å². The molecule has 1 atom stereocenters. The van der Waals surface area contributed by atoms with Gasteiger partial charge in [0.25, 0.3) is 10.0 Å². The average Bonchev–Trinajstić information content (AvgIpc) is 2.82. The fourth-order valence-corrected chi connectivity index (χ4v) is 5.17. The lowest BCUT2D eigenvalue weighted by Crippen LogP contribution is -2.44. The van der Waals surface area contributed by atoms with Crippen LogP contribution in [0, 0.1) is 0 Å². The van der Waals surface area contributed by atoms with Crippen LogP contribution < -0.4 is 9.62 Å². The number of hydrogen-bond donors (Lipinski definition) is 1. The molecule has 0 spiro atoms. The van der Waals surface area contributed by atoms with Crippen molar-refractivity contribution in [2.75, 3.05) is 10.8 Å². The molecular weight excluding hydrogens is 501 g/mol. The Morgan fingerprint density at radius 2 is 1.60 bits per heavy atom. The van der Waals surface area contributed by atoms with Crippen LogP contribution in [0.15, 0.2) is 83.8 Å². The Kier molecular flexibility index (Phi) is 8.45. The Bertz CT molecular complexity index is 1250. The van der Waals surface area contributed by atoms with Crippen molar-refractivity contribution in [1.82, 2.24) is 5.32 Å². The fraction of sp³-hybridized carbons (Fsp3) is 0.240. The molecule has 0 aliphatic heterocycles. The molecule has 35 heavy (non-hydrogen) atoms. The zero-order chi connectivity index (χ0) is 25.6. The van der Waals surface area contributed by atoms with E-state index in [4.69, 9.17) is 11.6 Å². The summed E-state index contributed by atoms with van der Waals surface area (Å²) in [5.41, 5.74) is -0.433. The number of nitrogens with zero attached hydrogens (tertiary/aromatic N) is 1. The van der Waals surface area contributed by atoms with Crippen LogP contribution in [0.3, 0.4) is 0 Å². The van der Waals surface area contributed by atoms with Gasteiger partial charge in [-0.15, -0.1) is 0 Å². The van der Waals surface area contributed by atoms with Gasteiger partial charge in [0.2, 0.25) is 5.91 Å². The second-order valence-corrected chi connectivity index (χ2v) is 10.3. The lowest BCUT2D eigenvalue weighted by Gasteiger charge is -2.26. The normalized spacial score (nSPS) is 12.7. The molecule has 10 heteroatoms. The molecule has 0 saturated heterocycles. The van der Waals surface area contributed by atoms with Crippen molar-refractivity contribution in [3.05, 3.63) is 95.0 Å². The number of hydrogen-bond acceptors (Lipinski definition) is 3. The molecule has 0 heterocycles. The number of sulfonamides is 1. The van der Waals surface area contributed by atoms with Crippen LogP contribution in [0.25, 0.3) is 0 Å². The summed E-state index contributed by atoms with van der Waals surface area (Å²) in [5.74, 6) is -0.668. The number of benzene rings is 3. The summed E-state index contributed by atoms with van der Waals surface area (Å²) in [6.07, 6.45) is -3.45. The van der Waals surface area contributed by atoms with Gasteiger partial charge in [0.05, 0.1) is 21.2 Å². The average molecular weight is 525 g/mol. The maximum atomic E-state index is 13.4. The van der Waals surface area contributed by atoms with Crippen molar-refractivity contribution in [2.45, 2.75) is 36.9 Å². The lowest BCUT2D eigenvalue weighted by molar-refractivity contribution is -0.137. The smallest absolute Gasteiger partial charge is 0.352 e. The van der Waals surface area contributed by atoms with Crippen molar-refractivity contribution in [2.24, 2.45) is 0 Å². The zero-order valence-electron chi connectivity index (χ0n) is 18.8. The first-order valence-corrected chi connectivity index (χ1v) is 12.6. The highest BCUT2D eigenvalue weighted by Crippen LogP contribution is 2.37. The minimum absolute atomic E-state index is 0.182. The summed E-state index contributed by atoms with van der Waals surface area (Å²) in [7, 11) is -4.40. The van der Waals surface area contributed by atoms with Crippen LogP contribution in [0.5, 0.6) is 0 Å². The van der Waals surface area contributed by atoms with Crippen LogP contribution in [-0.2, 0) is 27.4 Å². The molecule has 3 rings (SSSR count). The molecule has 3 aromatic carbocycles. The Morgan fingerprint density at radius 3 is 2.20 bits per heavy atom. The quantitative estimate of drug-likeness (QED) is 0.391. The predicted molar refractivity (Wildman–Crippen MR) is 130 cm³/mol. The Hall–Kier alpha value is -3.04.